The third-order valence-electron chi connectivity index (χ3n) is 1.49. The van der Waals surface area contributed by atoms with Gasteiger partial charge in [0.1, 0.15) is 6.10 Å². The molecule has 1 N–H and O–H groups in total. The number of hydrogen-bond acceptors (Lipinski definition) is 3. The largest absolute Gasteiger partial charge is 0.392 e. The predicted molar refractivity (Wildman–Crippen MR) is 41.1 cm³/mol. The van der Waals surface area contributed by atoms with E-state index < -0.39 is 5.79 Å². The molecule has 0 aromatic carbocycles. The fraction of sp³-hybridized carbons (Fsp3) is 0.750. The minimum absolute atomic E-state index is 0.00264. The zero-order valence-corrected chi connectivity index (χ0v) is 6.91. The van der Waals surface area contributed by atoms with Crippen LogP contribution in [0, 0.1) is 0 Å². The van der Waals surface area contributed by atoms with Gasteiger partial charge in [-0.2, -0.15) is 0 Å². The first-order chi connectivity index (χ1) is 5.14. The van der Waals surface area contributed by atoms with Gasteiger partial charge in [0.15, 0.2) is 5.79 Å². The van der Waals surface area contributed by atoms with Crippen molar-refractivity contribution in [2.45, 2.75) is 25.7 Å². The number of ether oxygens (including phenoxy) is 2. The van der Waals surface area contributed by atoms with Crippen LogP contribution in [-0.2, 0) is 9.47 Å². The molecule has 1 aliphatic heterocycles. The molecule has 1 fully saturated rings. The van der Waals surface area contributed by atoms with Crippen LogP contribution in [0.2, 0.25) is 0 Å². The summed E-state index contributed by atoms with van der Waals surface area (Å²) in [5.74, 6) is -0.468. The normalized spacial score (nSPS) is 29.9. The van der Waals surface area contributed by atoms with E-state index in [4.69, 9.17) is 14.6 Å². The summed E-state index contributed by atoms with van der Waals surface area (Å²) in [4.78, 5) is 0. The van der Waals surface area contributed by atoms with Crippen LogP contribution in [0.25, 0.3) is 0 Å². The molecule has 1 saturated heterocycles. The van der Waals surface area contributed by atoms with Gasteiger partial charge in [0, 0.05) is 0 Å². The Kier molecular flexibility index (Phi) is 2.65. The van der Waals surface area contributed by atoms with Crippen LogP contribution in [0.4, 0.5) is 0 Å². The van der Waals surface area contributed by atoms with E-state index in [-0.39, 0.29) is 12.7 Å². The first kappa shape index (κ1) is 8.71. The number of hydrogen-bond donors (Lipinski definition) is 1. The Morgan fingerprint density at radius 1 is 1.64 bits per heavy atom. The Bertz CT molecular complexity index is 151. The zero-order chi connectivity index (χ0) is 8.32. The maximum absolute atomic E-state index is 8.47. The van der Waals surface area contributed by atoms with Crippen LogP contribution in [0.1, 0.15) is 13.8 Å². The first-order valence-electron chi connectivity index (χ1n) is 3.73. The third-order valence-corrected chi connectivity index (χ3v) is 1.49. The van der Waals surface area contributed by atoms with Crippen LogP contribution < -0.4 is 0 Å². The van der Waals surface area contributed by atoms with E-state index >= 15 is 0 Å². The minimum Gasteiger partial charge on any atom is -0.392 e. The molecule has 0 radical (unpaired) electrons. The molecule has 0 aliphatic carbocycles. The summed E-state index contributed by atoms with van der Waals surface area (Å²) >= 11 is 0. The van der Waals surface area contributed by atoms with E-state index in [1.807, 2.05) is 19.9 Å². The second-order valence-electron chi connectivity index (χ2n) is 2.98. The molecule has 1 aliphatic rings. The van der Waals surface area contributed by atoms with Crippen molar-refractivity contribution in [1.29, 1.82) is 0 Å². The van der Waals surface area contributed by atoms with Gasteiger partial charge in [-0.05, 0) is 13.8 Å². The molecule has 0 spiro atoms. The summed E-state index contributed by atoms with van der Waals surface area (Å²) in [7, 11) is 0. The molecular weight excluding hydrogens is 144 g/mol. The molecule has 11 heavy (non-hydrogen) atoms. The van der Waals surface area contributed by atoms with Gasteiger partial charge in [-0.15, -0.1) is 0 Å². The van der Waals surface area contributed by atoms with Crippen LogP contribution in [0.15, 0.2) is 12.2 Å². The highest BCUT2D eigenvalue weighted by atomic mass is 16.7. The SMILES string of the molecule is CC1(C)OC[C@@H](/C=C\CO)O1. The highest BCUT2D eigenvalue weighted by Crippen LogP contribution is 2.22. The maximum Gasteiger partial charge on any atom is 0.163 e. The Morgan fingerprint density at radius 2 is 2.36 bits per heavy atom. The molecule has 1 heterocycles. The second kappa shape index (κ2) is 3.34. The van der Waals surface area contributed by atoms with E-state index in [1.165, 1.54) is 0 Å². The van der Waals surface area contributed by atoms with Crippen molar-refractivity contribution in [3.8, 4) is 0 Å². The van der Waals surface area contributed by atoms with Gasteiger partial charge in [0.05, 0.1) is 13.2 Å². The summed E-state index contributed by atoms with van der Waals surface area (Å²) in [6, 6.07) is 0. The van der Waals surface area contributed by atoms with E-state index in [1.54, 1.807) is 6.08 Å². The zero-order valence-electron chi connectivity index (χ0n) is 6.91. The van der Waals surface area contributed by atoms with Crippen molar-refractivity contribution in [3.05, 3.63) is 12.2 Å². The number of rotatable bonds is 2. The average molecular weight is 158 g/mol. The van der Waals surface area contributed by atoms with Gasteiger partial charge in [-0.3, -0.25) is 0 Å². The molecule has 0 aromatic heterocycles. The molecule has 0 bridgehead atoms. The van der Waals surface area contributed by atoms with Crippen molar-refractivity contribution in [2.75, 3.05) is 13.2 Å². The minimum atomic E-state index is -0.468. The van der Waals surface area contributed by atoms with E-state index in [9.17, 15) is 0 Å². The number of aliphatic hydroxyl groups excluding tert-OH is 1. The summed E-state index contributed by atoms with van der Waals surface area (Å²) < 4.78 is 10.7. The monoisotopic (exact) mass is 158 g/mol. The Hall–Kier alpha value is -0.380. The van der Waals surface area contributed by atoms with Gasteiger partial charge in [0.25, 0.3) is 0 Å². The fourth-order valence-electron chi connectivity index (χ4n) is 1.02. The standard InChI is InChI=1S/C8H14O3/c1-8(2)10-6-7(11-8)4-3-5-9/h3-4,7,9H,5-6H2,1-2H3/b4-3-/t7-/m1/s1. The van der Waals surface area contributed by atoms with Gasteiger partial charge in [-0.1, -0.05) is 12.2 Å². The second-order valence-corrected chi connectivity index (χ2v) is 2.98. The van der Waals surface area contributed by atoms with Gasteiger partial charge < -0.3 is 14.6 Å². The molecule has 0 amide bonds. The highest BCUT2D eigenvalue weighted by molar-refractivity contribution is 4.92. The summed E-state index contributed by atoms with van der Waals surface area (Å²) in [5, 5.41) is 8.47. The Morgan fingerprint density at radius 3 is 2.82 bits per heavy atom. The molecule has 0 unspecified atom stereocenters. The van der Waals surface area contributed by atoms with Crippen molar-refractivity contribution >= 4 is 0 Å². The Labute approximate surface area is 66.6 Å². The van der Waals surface area contributed by atoms with Gasteiger partial charge in [-0.25, -0.2) is 0 Å². The number of aliphatic hydroxyl groups is 1. The topological polar surface area (TPSA) is 38.7 Å². The fourth-order valence-corrected chi connectivity index (χ4v) is 1.02. The molecule has 0 saturated carbocycles. The summed E-state index contributed by atoms with van der Waals surface area (Å²) in [6.45, 7) is 4.38. The van der Waals surface area contributed by atoms with E-state index in [0.29, 0.717) is 6.61 Å². The molecule has 3 heteroatoms. The Balaban J connectivity index is 2.36. The highest BCUT2D eigenvalue weighted by Gasteiger charge is 2.30. The smallest absolute Gasteiger partial charge is 0.163 e. The maximum atomic E-state index is 8.47. The van der Waals surface area contributed by atoms with Crippen molar-refractivity contribution in [3.63, 3.8) is 0 Å². The van der Waals surface area contributed by atoms with Crippen LogP contribution in [0.3, 0.4) is 0 Å². The van der Waals surface area contributed by atoms with Crippen molar-refractivity contribution < 1.29 is 14.6 Å². The molecule has 0 aromatic rings. The molecule has 64 valence electrons. The lowest BCUT2D eigenvalue weighted by Gasteiger charge is -2.15. The summed E-state index contributed by atoms with van der Waals surface area (Å²) in [6.07, 6.45) is 3.47. The van der Waals surface area contributed by atoms with E-state index in [2.05, 4.69) is 0 Å². The summed E-state index contributed by atoms with van der Waals surface area (Å²) in [5.41, 5.74) is 0. The quantitative estimate of drug-likeness (QED) is 0.601. The predicted octanol–water partition coefficient (Wildman–Crippen LogP) is 0.686. The molecule has 1 rings (SSSR count). The van der Waals surface area contributed by atoms with Crippen LogP contribution in [-0.4, -0.2) is 30.2 Å². The van der Waals surface area contributed by atoms with Gasteiger partial charge >= 0.3 is 0 Å². The van der Waals surface area contributed by atoms with Crippen molar-refractivity contribution in [2.24, 2.45) is 0 Å². The van der Waals surface area contributed by atoms with E-state index in [0.717, 1.165) is 0 Å². The van der Waals surface area contributed by atoms with Crippen LogP contribution in [0.5, 0.6) is 0 Å². The molecule has 3 nitrogen and oxygen atoms in total. The molecular formula is C8H14O3. The van der Waals surface area contributed by atoms with Crippen molar-refractivity contribution in [1.82, 2.24) is 0 Å². The lowest BCUT2D eigenvalue weighted by atomic mass is 10.3. The third kappa shape index (κ3) is 2.61. The lowest BCUT2D eigenvalue weighted by Crippen LogP contribution is -2.20. The molecule has 1 atom stereocenters. The first-order valence-corrected chi connectivity index (χ1v) is 3.73. The van der Waals surface area contributed by atoms with Crippen LogP contribution >= 0.6 is 0 Å². The van der Waals surface area contributed by atoms with Gasteiger partial charge in [0.2, 0.25) is 0 Å². The lowest BCUT2D eigenvalue weighted by molar-refractivity contribution is -0.133. The average Bonchev–Trinajstić information content (AvgIpc) is 2.26.